The monoisotopic (exact) mass is 532 g/mol. The number of unbranched alkanes of at least 4 members (excludes halogenated alkanes) is 3. The van der Waals surface area contributed by atoms with Crippen LogP contribution in [-0.4, -0.2) is 70.3 Å². The maximum Gasteiger partial charge on any atom is 0.305 e. The van der Waals surface area contributed by atoms with Crippen LogP contribution < -0.4 is 15.0 Å². The van der Waals surface area contributed by atoms with Crippen LogP contribution in [-0.2, 0) is 9.53 Å². The number of carbonyl (C=O) groups excluding carboxylic acids is 1. The zero-order valence-electron chi connectivity index (χ0n) is 18.6. The van der Waals surface area contributed by atoms with Crippen molar-refractivity contribution in [3.63, 3.8) is 0 Å². The highest BCUT2D eigenvalue weighted by Crippen LogP contribution is 2.28. The van der Waals surface area contributed by atoms with E-state index in [1.54, 1.807) is 7.11 Å². The molecule has 1 aromatic rings. The molecule has 170 valence electrons. The molecule has 1 N–H and O–H groups in total. The van der Waals surface area contributed by atoms with Crippen molar-refractivity contribution in [2.24, 2.45) is 4.99 Å². The highest BCUT2D eigenvalue weighted by molar-refractivity contribution is 14.0. The minimum atomic E-state index is -0.121. The molecule has 1 saturated heterocycles. The molecule has 0 unspecified atom stereocenters. The Labute approximate surface area is 198 Å². The number of halogens is 1. The van der Waals surface area contributed by atoms with Gasteiger partial charge < -0.3 is 24.6 Å². The van der Waals surface area contributed by atoms with E-state index < -0.39 is 0 Å². The number of nitrogens with one attached hydrogen (secondary N) is 1. The van der Waals surface area contributed by atoms with Gasteiger partial charge in [-0.25, -0.2) is 0 Å². The molecular formula is C22H37IN4O3. The average molecular weight is 532 g/mol. The molecule has 2 rings (SSSR count). The van der Waals surface area contributed by atoms with Crippen molar-refractivity contribution in [1.82, 2.24) is 10.2 Å². The van der Waals surface area contributed by atoms with Gasteiger partial charge in [-0.3, -0.25) is 9.79 Å². The van der Waals surface area contributed by atoms with Crippen LogP contribution in [0.15, 0.2) is 29.3 Å². The lowest BCUT2D eigenvalue weighted by molar-refractivity contribution is -0.140. The summed E-state index contributed by atoms with van der Waals surface area (Å²) in [5, 5.41) is 3.43. The van der Waals surface area contributed by atoms with Gasteiger partial charge in [0.1, 0.15) is 5.75 Å². The summed E-state index contributed by atoms with van der Waals surface area (Å²) in [5.74, 6) is 1.81. The molecule has 0 aromatic heterocycles. The van der Waals surface area contributed by atoms with Crippen molar-refractivity contribution in [2.75, 3.05) is 58.4 Å². The first-order valence-corrected chi connectivity index (χ1v) is 10.7. The number of aliphatic imine (C=N–C) groups is 1. The van der Waals surface area contributed by atoms with Crippen LogP contribution in [0.2, 0.25) is 0 Å². The van der Waals surface area contributed by atoms with Crippen molar-refractivity contribution in [2.45, 2.75) is 39.0 Å². The maximum atomic E-state index is 11.1. The number of para-hydroxylation sites is 2. The van der Waals surface area contributed by atoms with E-state index in [9.17, 15) is 4.79 Å². The van der Waals surface area contributed by atoms with Gasteiger partial charge in [0.05, 0.1) is 19.9 Å². The molecule has 1 fully saturated rings. The van der Waals surface area contributed by atoms with Crippen LogP contribution in [0.3, 0.4) is 0 Å². The average Bonchev–Trinajstić information content (AvgIpc) is 2.77. The Kier molecular flexibility index (Phi) is 13.3. The first kappa shape index (κ1) is 26.3. The Morgan fingerprint density at radius 1 is 1.07 bits per heavy atom. The number of benzene rings is 1. The van der Waals surface area contributed by atoms with Gasteiger partial charge in [0.25, 0.3) is 0 Å². The maximum absolute atomic E-state index is 11.1. The Balaban J connectivity index is 0.00000450. The molecule has 1 heterocycles. The van der Waals surface area contributed by atoms with Crippen molar-refractivity contribution in [3.8, 4) is 5.75 Å². The Morgan fingerprint density at radius 3 is 2.43 bits per heavy atom. The number of anilines is 1. The second-order valence-electron chi connectivity index (χ2n) is 7.12. The van der Waals surface area contributed by atoms with Crippen LogP contribution >= 0.6 is 24.0 Å². The predicted octanol–water partition coefficient (Wildman–Crippen LogP) is 3.52. The van der Waals surface area contributed by atoms with Gasteiger partial charge >= 0.3 is 5.97 Å². The minimum absolute atomic E-state index is 0. The topological polar surface area (TPSA) is 66.4 Å². The molecule has 0 bridgehead atoms. The smallest absolute Gasteiger partial charge is 0.305 e. The first-order chi connectivity index (χ1) is 14.2. The number of esters is 1. The third kappa shape index (κ3) is 8.57. The lowest BCUT2D eigenvalue weighted by Crippen LogP contribution is -2.52. The van der Waals surface area contributed by atoms with Crippen LogP contribution in [0.25, 0.3) is 0 Å². The first-order valence-electron chi connectivity index (χ1n) is 10.7. The van der Waals surface area contributed by atoms with Gasteiger partial charge in [-0.2, -0.15) is 0 Å². The molecule has 0 saturated carbocycles. The van der Waals surface area contributed by atoms with Crippen LogP contribution in [0.4, 0.5) is 5.69 Å². The minimum Gasteiger partial charge on any atom is -0.495 e. The molecule has 0 aliphatic carbocycles. The largest absolute Gasteiger partial charge is 0.495 e. The van der Waals surface area contributed by atoms with Gasteiger partial charge in [0.2, 0.25) is 0 Å². The molecule has 0 atom stereocenters. The number of hydrogen-bond acceptors (Lipinski definition) is 5. The molecule has 1 aliphatic rings. The second kappa shape index (κ2) is 15.1. The summed E-state index contributed by atoms with van der Waals surface area (Å²) in [6.07, 6.45) is 4.57. The van der Waals surface area contributed by atoms with Gasteiger partial charge in [-0.1, -0.05) is 25.0 Å². The number of guanidine groups is 1. The summed E-state index contributed by atoms with van der Waals surface area (Å²) in [6.45, 7) is 7.54. The number of ether oxygens (including phenoxy) is 2. The van der Waals surface area contributed by atoms with Crippen molar-refractivity contribution in [3.05, 3.63) is 24.3 Å². The fourth-order valence-corrected chi connectivity index (χ4v) is 3.50. The fourth-order valence-electron chi connectivity index (χ4n) is 3.50. The number of hydrogen-bond donors (Lipinski definition) is 1. The molecule has 0 radical (unpaired) electrons. The van der Waals surface area contributed by atoms with Crippen LogP contribution in [0.5, 0.6) is 5.75 Å². The summed E-state index contributed by atoms with van der Waals surface area (Å²) in [6, 6.07) is 8.19. The molecular weight excluding hydrogens is 495 g/mol. The summed E-state index contributed by atoms with van der Waals surface area (Å²) in [7, 11) is 3.16. The summed E-state index contributed by atoms with van der Waals surface area (Å²) < 4.78 is 10.2. The highest BCUT2D eigenvalue weighted by Gasteiger charge is 2.21. The van der Waals surface area contributed by atoms with Crippen molar-refractivity contribution >= 4 is 41.6 Å². The quantitative estimate of drug-likeness (QED) is 0.164. The van der Waals surface area contributed by atoms with Gasteiger partial charge in [0.15, 0.2) is 5.96 Å². The number of nitrogens with zero attached hydrogens (tertiary/aromatic N) is 3. The summed E-state index contributed by atoms with van der Waals surface area (Å²) in [4.78, 5) is 20.6. The summed E-state index contributed by atoms with van der Waals surface area (Å²) >= 11 is 0. The van der Waals surface area contributed by atoms with Crippen LogP contribution in [0, 0.1) is 0 Å². The molecule has 8 heteroatoms. The Bertz CT molecular complexity index is 649. The number of carbonyl (C=O) groups is 1. The third-order valence-electron chi connectivity index (χ3n) is 5.12. The van der Waals surface area contributed by atoms with E-state index in [4.69, 9.17) is 9.73 Å². The van der Waals surface area contributed by atoms with E-state index in [0.717, 1.165) is 82.3 Å². The van der Waals surface area contributed by atoms with Gasteiger partial charge in [-0.15, -0.1) is 24.0 Å². The molecule has 1 aromatic carbocycles. The molecule has 0 spiro atoms. The van der Waals surface area contributed by atoms with E-state index >= 15 is 0 Å². The van der Waals surface area contributed by atoms with Gasteiger partial charge in [-0.05, 0) is 31.9 Å². The second-order valence-corrected chi connectivity index (χ2v) is 7.12. The van der Waals surface area contributed by atoms with E-state index in [1.165, 1.54) is 7.11 Å². The third-order valence-corrected chi connectivity index (χ3v) is 5.12. The number of methoxy groups -OCH3 is 2. The molecule has 7 nitrogen and oxygen atoms in total. The summed E-state index contributed by atoms with van der Waals surface area (Å²) in [5.41, 5.74) is 1.16. The lowest BCUT2D eigenvalue weighted by Gasteiger charge is -2.38. The normalized spacial score (nSPS) is 14.2. The van der Waals surface area contributed by atoms with Crippen molar-refractivity contribution < 1.29 is 14.3 Å². The predicted molar refractivity (Wildman–Crippen MR) is 133 cm³/mol. The van der Waals surface area contributed by atoms with E-state index in [-0.39, 0.29) is 29.9 Å². The zero-order chi connectivity index (χ0) is 20.9. The van der Waals surface area contributed by atoms with Crippen molar-refractivity contribution in [1.29, 1.82) is 0 Å². The zero-order valence-corrected chi connectivity index (χ0v) is 20.9. The fraction of sp³-hybridized carbons (Fsp3) is 0.636. The molecule has 0 amide bonds. The standard InChI is InChI=1S/C22H36N4O3.HI/c1-4-23-22(24-14-10-6-5-7-13-21(27)29-3)26-17-15-25(16-18-26)19-11-8-9-12-20(19)28-2;/h8-9,11-12H,4-7,10,13-18H2,1-3H3,(H,23,24);1H. The van der Waals surface area contributed by atoms with E-state index in [2.05, 4.69) is 38.9 Å². The molecule has 1 aliphatic heterocycles. The molecule has 30 heavy (non-hydrogen) atoms. The number of piperazine rings is 1. The van der Waals surface area contributed by atoms with E-state index in [0.29, 0.717) is 6.42 Å². The Hall–Kier alpha value is -1.71. The number of rotatable bonds is 10. The van der Waals surface area contributed by atoms with Crippen LogP contribution in [0.1, 0.15) is 39.0 Å². The lowest BCUT2D eigenvalue weighted by atomic mass is 10.1. The highest BCUT2D eigenvalue weighted by atomic mass is 127. The van der Waals surface area contributed by atoms with E-state index in [1.807, 2.05) is 12.1 Å². The Morgan fingerprint density at radius 2 is 1.77 bits per heavy atom. The van der Waals surface area contributed by atoms with Gasteiger partial charge in [0, 0.05) is 45.7 Å². The SMILES string of the molecule is CCNC(=NCCCCCCC(=O)OC)N1CCN(c2ccccc2OC)CC1.I.